The zero-order chi connectivity index (χ0) is 13.1. The van der Waals surface area contributed by atoms with E-state index in [1.165, 1.54) is 4.80 Å². The van der Waals surface area contributed by atoms with Crippen molar-refractivity contribution in [2.24, 2.45) is 7.05 Å². The van der Waals surface area contributed by atoms with E-state index in [1.54, 1.807) is 13.1 Å². The molecule has 0 N–H and O–H groups in total. The summed E-state index contributed by atoms with van der Waals surface area (Å²) in [4.78, 5) is 15.4. The third kappa shape index (κ3) is 2.71. The highest BCUT2D eigenvalue weighted by Crippen LogP contribution is 2.14. The summed E-state index contributed by atoms with van der Waals surface area (Å²) in [5, 5.41) is 11.5. The fourth-order valence-electron chi connectivity index (χ4n) is 1.60. The second-order valence-electron chi connectivity index (χ2n) is 4.24. The zero-order valence-electron chi connectivity index (χ0n) is 10.7. The number of hydrogen-bond acceptors (Lipinski definition) is 5. The molecule has 1 heterocycles. The molecule has 94 valence electrons. The van der Waals surface area contributed by atoms with E-state index in [9.17, 15) is 4.79 Å². The molecule has 0 amide bonds. The Morgan fingerprint density at radius 3 is 2.78 bits per heavy atom. The van der Waals surface area contributed by atoms with Crippen molar-refractivity contribution in [1.29, 1.82) is 0 Å². The van der Waals surface area contributed by atoms with E-state index in [0.717, 1.165) is 5.69 Å². The molecule has 6 nitrogen and oxygen atoms in total. The van der Waals surface area contributed by atoms with Crippen LogP contribution in [0.1, 0.15) is 16.2 Å². The van der Waals surface area contributed by atoms with Gasteiger partial charge in [0.15, 0.2) is 11.6 Å². The Balaban J connectivity index is 2.16. The predicted octanol–water partition coefficient (Wildman–Crippen LogP) is 0.701. The standard InChI is InChI=1S/C12H15N5O/c1-16(2)10-6-4-5-9(7-10)11(18)8-12-13-15-17(3)14-12/h4-7H,8H2,1-3H3. The van der Waals surface area contributed by atoms with Crippen LogP contribution in [0.25, 0.3) is 0 Å². The number of carbonyl (C=O) groups is 1. The Kier molecular flexibility index (Phi) is 3.36. The minimum atomic E-state index is -0.00769. The quantitative estimate of drug-likeness (QED) is 0.742. The minimum absolute atomic E-state index is 0.00769. The van der Waals surface area contributed by atoms with Crippen molar-refractivity contribution in [3.05, 3.63) is 35.7 Å². The van der Waals surface area contributed by atoms with E-state index >= 15 is 0 Å². The highest BCUT2D eigenvalue weighted by molar-refractivity contribution is 5.97. The smallest absolute Gasteiger partial charge is 0.182 e. The first-order chi connectivity index (χ1) is 8.56. The number of aryl methyl sites for hydroxylation is 1. The molecule has 0 unspecified atom stereocenters. The molecule has 0 atom stereocenters. The van der Waals surface area contributed by atoms with E-state index in [4.69, 9.17) is 0 Å². The largest absolute Gasteiger partial charge is 0.378 e. The Labute approximate surface area is 105 Å². The Morgan fingerprint density at radius 2 is 2.17 bits per heavy atom. The normalized spacial score (nSPS) is 10.4. The molecule has 0 aliphatic rings. The van der Waals surface area contributed by atoms with Crippen LogP contribution < -0.4 is 4.90 Å². The second-order valence-corrected chi connectivity index (χ2v) is 4.24. The molecule has 0 fully saturated rings. The molecule has 0 spiro atoms. The van der Waals surface area contributed by atoms with Gasteiger partial charge in [-0.3, -0.25) is 4.79 Å². The van der Waals surface area contributed by atoms with Crippen molar-refractivity contribution in [3.63, 3.8) is 0 Å². The fourth-order valence-corrected chi connectivity index (χ4v) is 1.60. The van der Waals surface area contributed by atoms with Crippen LogP contribution in [-0.2, 0) is 13.5 Å². The summed E-state index contributed by atoms with van der Waals surface area (Å²) in [6.45, 7) is 0. The minimum Gasteiger partial charge on any atom is -0.378 e. The lowest BCUT2D eigenvalue weighted by Crippen LogP contribution is -2.11. The molecule has 1 aromatic carbocycles. The average molecular weight is 245 g/mol. The molecule has 1 aromatic heterocycles. The van der Waals surface area contributed by atoms with Gasteiger partial charge in [-0.2, -0.15) is 4.80 Å². The van der Waals surface area contributed by atoms with E-state index in [0.29, 0.717) is 11.4 Å². The topological polar surface area (TPSA) is 63.9 Å². The van der Waals surface area contributed by atoms with Crippen LogP contribution >= 0.6 is 0 Å². The van der Waals surface area contributed by atoms with Gasteiger partial charge in [0.25, 0.3) is 0 Å². The number of rotatable bonds is 4. The summed E-state index contributed by atoms with van der Waals surface area (Å²) in [6, 6.07) is 7.48. The average Bonchev–Trinajstić information content (AvgIpc) is 2.75. The summed E-state index contributed by atoms with van der Waals surface area (Å²) in [5.74, 6) is 0.435. The van der Waals surface area contributed by atoms with Crippen molar-refractivity contribution in [1.82, 2.24) is 20.2 Å². The number of anilines is 1. The lowest BCUT2D eigenvalue weighted by molar-refractivity contribution is 0.0990. The van der Waals surface area contributed by atoms with Gasteiger partial charge in [0.05, 0.1) is 13.5 Å². The van der Waals surface area contributed by atoms with Gasteiger partial charge in [-0.25, -0.2) is 0 Å². The molecule has 2 rings (SSSR count). The van der Waals surface area contributed by atoms with Gasteiger partial charge < -0.3 is 4.90 Å². The first-order valence-electron chi connectivity index (χ1n) is 5.60. The lowest BCUT2D eigenvalue weighted by Gasteiger charge is -2.12. The van der Waals surface area contributed by atoms with Gasteiger partial charge in [-0.15, -0.1) is 10.2 Å². The highest BCUT2D eigenvalue weighted by Gasteiger charge is 2.11. The maximum absolute atomic E-state index is 12.1. The molecule has 0 saturated carbocycles. The zero-order valence-corrected chi connectivity index (χ0v) is 10.7. The van der Waals surface area contributed by atoms with Gasteiger partial charge in [-0.1, -0.05) is 12.1 Å². The lowest BCUT2D eigenvalue weighted by atomic mass is 10.1. The van der Waals surface area contributed by atoms with Crippen molar-refractivity contribution in [2.75, 3.05) is 19.0 Å². The number of ketones is 1. The fraction of sp³-hybridized carbons (Fsp3) is 0.333. The van der Waals surface area contributed by atoms with Crippen LogP contribution in [0.15, 0.2) is 24.3 Å². The van der Waals surface area contributed by atoms with Crippen LogP contribution in [0.2, 0.25) is 0 Å². The summed E-state index contributed by atoms with van der Waals surface area (Å²) in [5.41, 5.74) is 1.65. The van der Waals surface area contributed by atoms with Gasteiger partial charge in [0.1, 0.15) is 0 Å². The molecule has 0 aliphatic heterocycles. The van der Waals surface area contributed by atoms with Crippen molar-refractivity contribution in [2.45, 2.75) is 6.42 Å². The second kappa shape index (κ2) is 4.95. The van der Waals surface area contributed by atoms with Crippen molar-refractivity contribution >= 4 is 11.5 Å². The molecule has 2 aromatic rings. The third-order valence-electron chi connectivity index (χ3n) is 2.55. The van der Waals surface area contributed by atoms with Gasteiger partial charge in [-0.05, 0) is 17.3 Å². The van der Waals surface area contributed by atoms with E-state index in [-0.39, 0.29) is 12.2 Å². The van der Waals surface area contributed by atoms with Crippen molar-refractivity contribution < 1.29 is 4.79 Å². The van der Waals surface area contributed by atoms with E-state index < -0.39 is 0 Å². The van der Waals surface area contributed by atoms with Crippen LogP contribution in [0.3, 0.4) is 0 Å². The monoisotopic (exact) mass is 245 g/mol. The highest BCUT2D eigenvalue weighted by atomic mass is 16.1. The van der Waals surface area contributed by atoms with Crippen LogP contribution in [0.5, 0.6) is 0 Å². The maximum Gasteiger partial charge on any atom is 0.182 e. The summed E-state index contributed by atoms with van der Waals surface area (Å²) < 4.78 is 0. The number of hydrogen-bond donors (Lipinski definition) is 0. The molecular weight excluding hydrogens is 230 g/mol. The number of tetrazole rings is 1. The van der Waals surface area contributed by atoms with Gasteiger partial charge in [0, 0.05) is 25.3 Å². The number of carbonyl (C=O) groups excluding carboxylic acids is 1. The molecular formula is C12H15N5O. The van der Waals surface area contributed by atoms with Crippen LogP contribution in [0.4, 0.5) is 5.69 Å². The molecule has 0 saturated heterocycles. The van der Waals surface area contributed by atoms with Gasteiger partial charge >= 0.3 is 0 Å². The number of benzene rings is 1. The summed E-state index contributed by atoms with van der Waals surface area (Å²) in [6.07, 6.45) is 0.171. The molecule has 18 heavy (non-hydrogen) atoms. The van der Waals surface area contributed by atoms with E-state index in [2.05, 4.69) is 15.4 Å². The molecule has 0 bridgehead atoms. The first-order valence-corrected chi connectivity index (χ1v) is 5.60. The van der Waals surface area contributed by atoms with Crippen molar-refractivity contribution in [3.8, 4) is 0 Å². The number of aromatic nitrogens is 4. The maximum atomic E-state index is 12.1. The van der Waals surface area contributed by atoms with E-state index in [1.807, 2.05) is 37.2 Å². The Hall–Kier alpha value is -2.24. The number of nitrogens with zero attached hydrogens (tertiary/aromatic N) is 5. The molecule has 0 radical (unpaired) electrons. The number of Topliss-reactive ketones (excluding diaryl/α,β-unsaturated/α-hetero) is 1. The van der Waals surface area contributed by atoms with Crippen LogP contribution in [-0.4, -0.2) is 40.1 Å². The third-order valence-corrected chi connectivity index (χ3v) is 2.55. The first kappa shape index (κ1) is 12.2. The summed E-state index contributed by atoms with van der Waals surface area (Å²) >= 11 is 0. The Morgan fingerprint density at radius 1 is 1.39 bits per heavy atom. The van der Waals surface area contributed by atoms with Crippen LogP contribution in [0, 0.1) is 0 Å². The Bertz CT molecular complexity index is 561. The predicted molar refractivity (Wildman–Crippen MR) is 67.6 cm³/mol. The van der Waals surface area contributed by atoms with Gasteiger partial charge in [0.2, 0.25) is 0 Å². The molecule has 0 aliphatic carbocycles. The summed E-state index contributed by atoms with van der Waals surface area (Å²) in [7, 11) is 5.55. The SMILES string of the molecule is CN(C)c1cccc(C(=O)Cc2nnn(C)n2)c1. The molecule has 6 heteroatoms.